The fraction of sp³-hybridized carbons (Fsp3) is 0.636. The molecule has 2 amide bonds. The summed E-state index contributed by atoms with van der Waals surface area (Å²) < 4.78 is 0. The summed E-state index contributed by atoms with van der Waals surface area (Å²) >= 11 is 0. The molecule has 0 spiro atoms. The van der Waals surface area contributed by atoms with Crippen LogP contribution in [0.1, 0.15) is 33.1 Å². The molecule has 0 radical (unpaired) electrons. The van der Waals surface area contributed by atoms with Crippen molar-refractivity contribution in [3.05, 3.63) is 16.6 Å². The van der Waals surface area contributed by atoms with Gasteiger partial charge in [0.05, 0.1) is 0 Å². The number of rotatable bonds is 3. The number of nitrogens with zero attached hydrogens (tertiary/aromatic N) is 2. The molecule has 0 aromatic rings. The van der Waals surface area contributed by atoms with Crippen LogP contribution in [0.25, 0.3) is 0 Å². The number of amides is 2. The zero-order valence-corrected chi connectivity index (χ0v) is 9.60. The Labute approximate surface area is 94.5 Å². The Morgan fingerprint density at radius 1 is 1.50 bits per heavy atom. The second-order valence-electron chi connectivity index (χ2n) is 3.96. The molecule has 88 valence electrons. The van der Waals surface area contributed by atoms with E-state index in [1.807, 2.05) is 13.8 Å². The van der Waals surface area contributed by atoms with E-state index in [9.17, 15) is 14.5 Å². The van der Waals surface area contributed by atoms with Crippen molar-refractivity contribution in [3.63, 3.8) is 0 Å². The Hall–Kier alpha value is -1.52. The van der Waals surface area contributed by atoms with Gasteiger partial charge in [-0.25, -0.2) is 0 Å². The Kier molecular flexibility index (Phi) is 4.34. The van der Waals surface area contributed by atoms with E-state index in [0.717, 1.165) is 18.4 Å². The smallest absolute Gasteiger partial charge is 0.308 e. The fourth-order valence-electron chi connectivity index (χ4n) is 1.74. The Bertz CT molecular complexity index is 336. The number of carbonyl (C=O) groups excluding carboxylic acids is 2. The normalized spacial score (nSPS) is 21.0. The van der Waals surface area contributed by atoms with E-state index in [0.29, 0.717) is 13.0 Å². The zero-order valence-electron chi connectivity index (χ0n) is 9.60. The lowest BCUT2D eigenvalue weighted by Crippen LogP contribution is -2.39. The predicted molar refractivity (Wildman–Crippen MR) is 59.6 cm³/mol. The van der Waals surface area contributed by atoms with Crippen molar-refractivity contribution in [2.24, 2.45) is 5.18 Å². The lowest BCUT2D eigenvalue weighted by atomic mass is 10.2. The van der Waals surface area contributed by atoms with Gasteiger partial charge in [0.15, 0.2) is 0 Å². The first-order chi connectivity index (χ1) is 7.60. The molecule has 1 unspecified atom stereocenters. The zero-order chi connectivity index (χ0) is 12.1. The molecule has 1 rings (SSSR count). The van der Waals surface area contributed by atoms with E-state index < -0.39 is 11.9 Å². The van der Waals surface area contributed by atoms with Crippen molar-refractivity contribution >= 4 is 11.8 Å². The molecule has 0 aromatic carbocycles. The molecule has 1 heterocycles. The first kappa shape index (κ1) is 12.5. The number of allylic oxidation sites excluding steroid dienone is 1. The average Bonchev–Trinajstić information content (AvgIpc) is 2.76. The van der Waals surface area contributed by atoms with Gasteiger partial charge >= 0.3 is 5.91 Å². The maximum absolute atomic E-state index is 11.8. The summed E-state index contributed by atoms with van der Waals surface area (Å²) in [7, 11) is 0. The number of hydrogen-bond acceptors (Lipinski definition) is 3. The molecule has 5 nitrogen and oxygen atoms in total. The number of nitroso groups, excluding NO2 is 1. The number of likely N-dealkylation sites (tertiary alicyclic amines) is 1. The third-order valence-corrected chi connectivity index (χ3v) is 2.84. The SMILES string of the molecule is CC/C(C)=C/C(=O)N1CCCC1C(=O)N=O. The van der Waals surface area contributed by atoms with Gasteiger partial charge in [0.25, 0.3) is 0 Å². The van der Waals surface area contributed by atoms with Crippen LogP contribution in [-0.4, -0.2) is 29.3 Å². The van der Waals surface area contributed by atoms with Gasteiger partial charge in [0.2, 0.25) is 5.91 Å². The predicted octanol–water partition coefficient (Wildman–Crippen LogP) is 1.63. The minimum atomic E-state index is -0.742. The minimum absolute atomic E-state index is 0.196. The van der Waals surface area contributed by atoms with Gasteiger partial charge in [-0.2, -0.15) is 0 Å². The van der Waals surface area contributed by atoms with Crippen LogP contribution < -0.4 is 0 Å². The minimum Gasteiger partial charge on any atom is -0.327 e. The first-order valence-corrected chi connectivity index (χ1v) is 5.45. The van der Waals surface area contributed by atoms with Crippen LogP contribution in [0.15, 0.2) is 16.8 Å². The molecule has 1 fully saturated rings. The molecule has 1 saturated heterocycles. The maximum Gasteiger partial charge on any atom is 0.308 e. The van der Waals surface area contributed by atoms with Gasteiger partial charge in [0, 0.05) is 17.8 Å². The highest BCUT2D eigenvalue weighted by Crippen LogP contribution is 2.19. The topological polar surface area (TPSA) is 66.8 Å². The third kappa shape index (κ3) is 2.74. The van der Waals surface area contributed by atoms with Crippen molar-refractivity contribution < 1.29 is 9.59 Å². The largest absolute Gasteiger partial charge is 0.327 e. The van der Waals surface area contributed by atoms with Crippen LogP contribution in [0, 0.1) is 4.91 Å². The highest BCUT2D eigenvalue weighted by Gasteiger charge is 2.33. The van der Waals surface area contributed by atoms with Crippen LogP contribution in [0.5, 0.6) is 0 Å². The van der Waals surface area contributed by atoms with Gasteiger partial charge in [-0.15, -0.1) is 4.91 Å². The van der Waals surface area contributed by atoms with Gasteiger partial charge in [-0.3, -0.25) is 9.59 Å². The average molecular weight is 224 g/mol. The quantitative estimate of drug-likeness (QED) is 0.540. The van der Waals surface area contributed by atoms with Crippen LogP contribution in [-0.2, 0) is 9.59 Å². The molecule has 0 bridgehead atoms. The molecule has 0 aliphatic carbocycles. The van der Waals surface area contributed by atoms with Gasteiger partial charge in [0.1, 0.15) is 6.04 Å². The van der Waals surface area contributed by atoms with Gasteiger partial charge < -0.3 is 4.90 Å². The van der Waals surface area contributed by atoms with E-state index in [1.165, 1.54) is 11.0 Å². The second-order valence-corrected chi connectivity index (χ2v) is 3.96. The van der Waals surface area contributed by atoms with Gasteiger partial charge in [-0.1, -0.05) is 12.5 Å². The third-order valence-electron chi connectivity index (χ3n) is 2.84. The summed E-state index contributed by atoms with van der Waals surface area (Å²) in [5.74, 6) is -0.938. The standard InChI is InChI=1S/C11H16N2O3/c1-3-8(2)7-10(14)13-6-4-5-9(13)11(15)12-16/h7,9H,3-6H2,1-2H3/b8-7+. The van der Waals surface area contributed by atoms with Crippen LogP contribution >= 0.6 is 0 Å². The van der Waals surface area contributed by atoms with E-state index >= 15 is 0 Å². The monoisotopic (exact) mass is 224 g/mol. The van der Waals surface area contributed by atoms with Crippen molar-refractivity contribution in [2.75, 3.05) is 6.54 Å². The van der Waals surface area contributed by atoms with Crippen LogP contribution in [0.4, 0.5) is 0 Å². The van der Waals surface area contributed by atoms with Crippen LogP contribution in [0.2, 0.25) is 0 Å². The summed E-state index contributed by atoms with van der Waals surface area (Å²) in [5.41, 5.74) is 0.960. The summed E-state index contributed by atoms with van der Waals surface area (Å²) in [6.45, 7) is 4.35. The van der Waals surface area contributed by atoms with E-state index in [4.69, 9.17) is 0 Å². The van der Waals surface area contributed by atoms with Gasteiger partial charge in [-0.05, 0) is 26.2 Å². The van der Waals surface area contributed by atoms with Crippen molar-refractivity contribution in [1.29, 1.82) is 0 Å². The van der Waals surface area contributed by atoms with Crippen LogP contribution in [0.3, 0.4) is 0 Å². The highest BCUT2D eigenvalue weighted by molar-refractivity contribution is 5.94. The highest BCUT2D eigenvalue weighted by atomic mass is 16.3. The Balaban J connectivity index is 2.75. The Morgan fingerprint density at radius 2 is 2.19 bits per heavy atom. The van der Waals surface area contributed by atoms with E-state index in [1.54, 1.807) is 0 Å². The van der Waals surface area contributed by atoms with Crippen molar-refractivity contribution in [2.45, 2.75) is 39.2 Å². The van der Waals surface area contributed by atoms with E-state index in [2.05, 4.69) is 5.18 Å². The molecule has 1 atom stereocenters. The molecular formula is C11H16N2O3. The van der Waals surface area contributed by atoms with E-state index in [-0.39, 0.29) is 5.91 Å². The second kappa shape index (κ2) is 5.53. The maximum atomic E-state index is 11.8. The molecule has 0 N–H and O–H groups in total. The first-order valence-electron chi connectivity index (χ1n) is 5.45. The molecule has 1 aliphatic heterocycles. The molecular weight excluding hydrogens is 208 g/mol. The fourth-order valence-corrected chi connectivity index (χ4v) is 1.74. The molecule has 1 aliphatic rings. The summed E-state index contributed by atoms with van der Waals surface area (Å²) in [4.78, 5) is 34.6. The summed E-state index contributed by atoms with van der Waals surface area (Å²) in [6, 6.07) is -0.647. The molecule has 5 heteroatoms. The number of carbonyl (C=O) groups is 2. The summed E-state index contributed by atoms with van der Waals surface area (Å²) in [5, 5.41) is 2.40. The lowest BCUT2D eigenvalue weighted by Gasteiger charge is -2.19. The Morgan fingerprint density at radius 3 is 2.75 bits per heavy atom. The number of hydrogen-bond donors (Lipinski definition) is 0. The van der Waals surface area contributed by atoms with Crippen molar-refractivity contribution in [1.82, 2.24) is 4.90 Å². The molecule has 0 saturated carbocycles. The lowest BCUT2D eigenvalue weighted by molar-refractivity contribution is -0.133. The molecule has 0 aromatic heterocycles. The van der Waals surface area contributed by atoms with Crippen molar-refractivity contribution in [3.8, 4) is 0 Å². The summed E-state index contributed by atoms with van der Waals surface area (Å²) in [6.07, 6.45) is 3.60. The molecule has 16 heavy (non-hydrogen) atoms.